The lowest BCUT2D eigenvalue weighted by molar-refractivity contribution is -0.151. The average Bonchev–Trinajstić information content (AvgIpc) is 3.17. The number of allylic oxidation sites excluding steroid dienone is 2. The molecule has 0 rings (SSSR count). The first kappa shape index (κ1) is 54.2. The molecule has 56 heavy (non-hydrogen) atoms. The summed E-state index contributed by atoms with van der Waals surface area (Å²) >= 11 is 0. The maximum Gasteiger partial charge on any atom is 0.309 e. The van der Waals surface area contributed by atoms with Gasteiger partial charge >= 0.3 is 17.9 Å². The number of unbranched alkanes of at least 4 members (excludes halogenated alkanes) is 34. The van der Waals surface area contributed by atoms with Gasteiger partial charge in [-0.15, -0.1) is 0 Å². The highest BCUT2D eigenvalue weighted by molar-refractivity contribution is 5.74. The zero-order chi connectivity index (χ0) is 41.1. The molecule has 0 aliphatic rings. The van der Waals surface area contributed by atoms with Gasteiger partial charge in [-0.1, -0.05) is 225 Å². The van der Waals surface area contributed by atoms with Crippen LogP contribution in [-0.2, 0) is 14.4 Å². The standard InChI is InChI=1S/C50H94O6/c1-2-3-4-5-6-7-8-19-24-29-34-39-44-50(49(55)56,46-41-36-31-26-21-16-12-14-18-23-28-33-38-43-48(53)54)45-40-35-30-25-20-15-11-9-10-13-17-22-27-32-37-42-47(51)52/h9-10H,2-8,11-46H2,1H3,(H,51,52)(H,53,54)(H,55,56). The van der Waals surface area contributed by atoms with E-state index >= 15 is 0 Å². The summed E-state index contributed by atoms with van der Waals surface area (Å²) in [6.45, 7) is 2.28. The Kier molecular flexibility index (Phi) is 41.3. The molecule has 3 N–H and O–H groups in total. The van der Waals surface area contributed by atoms with Crippen LogP contribution in [0.1, 0.15) is 283 Å². The van der Waals surface area contributed by atoms with Gasteiger partial charge in [-0.25, -0.2) is 0 Å². The Morgan fingerprint density at radius 2 is 0.571 bits per heavy atom. The highest BCUT2D eigenvalue weighted by atomic mass is 16.4. The van der Waals surface area contributed by atoms with E-state index in [1.54, 1.807) is 0 Å². The van der Waals surface area contributed by atoms with Crippen molar-refractivity contribution in [2.24, 2.45) is 5.41 Å². The van der Waals surface area contributed by atoms with Crippen LogP contribution in [0, 0.1) is 5.41 Å². The largest absolute Gasteiger partial charge is 0.481 e. The molecule has 0 fully saturated rings. The Hall–Kier alpha value is -1.85. The third-order valence-electron chi connectivity index (χ3n) is 12.2. The molecule has 0 aliphatic heterocycles. The number of carboxylic acids is 3. The minimum absolute atomic E-state index is 0.300. The Balaban J connectivity index is 4.36. The van der Waals surface area contributed by atoms with Gasteiger partial charge in [0.2, 0.25) is 0 Å². The van der Waals surface area contributed by atoms with Gasteiger partial charge in [-0.2, -0.15) is 0 Å². The number of carbonyl (C=O) groups is 3. The first-order valence-corrected chi connectivity index (χ1v) is 24.7. The highest BCUT2D eigenvalue weighted by Crippen LogP contribution is 2.38. The molecule has 6 nitrogen and oxygen atoms in total. The third kappa shape index (κ3) is 39.0. The Bertz CT molecular complexity index is 900. The van der Waals surface area contributed by atoms with Crippen LogP contribution in [0.2, 0.25) is 0 Å². The van der Waals surface area contributed by atoms with Crippen molar-refractivity contribution in [1.29, 1.82) is 0 Å². The second-order valence-electron chi connectivity index (χ2n) is 17.5. The van der Waals surface area contributed by atoms with Gasteiger partial charge in [0.25, 0.3) is 0 Å². The first-order valence-electron chi connectivity index (χ1n) is 24.7. The summed E-state index contributed by atoms with van der Waals surface area (Å²) in [5, 5.41) is 28.1. The van der Waals surface area contributed by atoms with Gasteiger partial charge in [0, 0.05) is 12.8 Å². The van der Waals surface area contributed by atoms with Crippen LogP contribution in [0.15, 0.2) is 12.2 Å². The molecule has 0 bridgehead atoms. The van der Waals surface area contributed by atoms with E-state index in [4.69, 9.17) is 10.2 Å². The Labute approximate surface area is 347 Å². The van der Waals surface area contributed by atoms with E-state index in [2.05, 4.69) is 19.1 Å². The lowest BCUT2D eigenvalue weighted by atomic mass is 9.74. The number of hydrogen-bond acceptors (Lipinski definition) is 3. The minimum atomic E-state index is -0.684. The quantitative estimate of drug-likeness (QED) is 0.0418. The normalized spacial score (nSPS) is 12.7. The van der Waals surface area contributed by atoms with Crippen molar-refractivity contribution >= 4 is 17.9 Å². The summed E-state index contributed by atoms with van der Waals surface area (Å²) in [5.74, 6) is -1.90. The second kappa shape index (κ2) is 42.7. The zero-order valence-electron chi connectivity index (χ0n) is 37.1. The van der Waals surface area contributed by atoms with Gasteiger partial charge in [-0.05, 0) is 57.8 Å². The molecule has 0 spiro atoms. The molecule has 0 saturated heterocycles. The monoisotopic (exact) mass is 791 g/mol. The fourth-order valence-electron chi connectivity index (χ4n) is 8.42. The van der Waals surface area contributed by atoms with E-state index in [0.717, 1.165) is 103 Å². The van der Waals surface area contributed by atoms with Crippen LogP contribution in [-0.4, -0.2) is 33.2 Å². The predicted molar refractivity (Wildman–Crippen MR) is 239 cm³/mol. The summed E-state index contributed by atoms with van der Waals surface area (Å²) < 4.78 is 0. The van der Waals surface area contributed by atoms with E-state index < -0.39 is 23.3 Å². The van der Waals surface area contributed by atoms with Crippen LogP contribution in [0.4, 0.5) is 0 Å². The molecule has 0 aliphatic carbocycles. The second-order valence-corrected chi connectivity index (χ2v) is 17.5. The molecule has 0 amide bonds. The number of carboxylic acid groups (broad SMARTS) is 3. The Morgan fingerprint density at radius 3 is 0.821 bits per heavy atom. The molecular formula is C50H94O6. The molecule has 6 heteroatoms. The molecule has 0 aromatic carbocycles. The van der Waals surface area contributed by atoms with Gasteiger partial charge in [0.1, 0.15) is 0 Å². The molecule has 1 atom stereocenters. The predicted octanol–water partition coefficient (Wildman–Crippen LogP) is 16.6. The number of rotatable bonds is 47. The molecule has 0 aromatic rings. The summed E-state index contributed by atoms with van der Waals surface area (Å²) in [6.07, 6.45) is 53.7. The average molecular weight is 791 g/mol. The van der Waals surface area contributed by atoms with Crippen LogP contribution in [0.3, 0.4) is 0 Å². The van der Waals surface area contributed by atoms with E-state index in [9.17, 15) is 19.5 Å². The topological polar surface area (TPSA) is 112 Å². The van der Waals surface area contributed by atoms with Crippen LogP contribution in [0.5, 0.6) is 0 Å². The molecule has 330 valence electrons. The van der Waals surface area contributed by atoms with Gasteiger partial charge < -0.3 is 15.3 Å². The summed E-state index contributed by atoms with van der Waals surface area (Å²) in [4.78, 5) is 34.1. The molecule has 1 unspecified atom stereocenters. The van der Waals surface area contributed by atoms with Crippen LogP contribution >= 0.6 is 0 Å². The molecule has 0 heterocycles. The summed E-state index contributed by atoms with van der Waals surface area (Å²) in [6, 6.07) is 0. The number of aliphatic carboxylic acids is 3. The van der Waals surface area contributed by atoms with E-state index in [-0.39, 0.29) is 0 Å². The van der Waals surface area contributed by atoms with Gasteiger partial charge in [-0.3, -0.25) is 14.4 Å². The maximum atomic E-state index is 12.9. The SMILES string of the molecule is CCCCCCCCCCCCCCC(CCCCCCCCC=CCCCCCCCC(=O)O)(CCCCCCCCCCCCCCCC(=O)O)C(=O)O. The molecule has 0 radical (unpaired) electrons. The summed E-state index contributed by atoms with van der Waals surface area (Å²) in [7, 11) is 0. The third-order valence-corrected chi connectivity index (χ3v) is 12.2. The number of hydrogen-bond donors (Lipinski definition) is 3. The lowest BCUT2D eigenvalue weighted by Gasteiger charge is -2.30. The fourth-order valence-corrected chi connectivity index (χ4v) is 8.42. The van der Waals surface area contributed by atoms with Gasteiger partial charge in [0.05, 0.1) is 5.41 Å². The van der Waals surface area contributed by atoms with Crippen LogP contribution in [0.25, 0.3) is 0 Å². The van der Waals surface area contributed by atoms with Gasteiger partial charge in [0.15, 0.2) is 0 Å². The molecule has 0 saturated carbocycles. The van der Waals surface area contributed by atoms with Crippen molar-refractivity contribution in [3.05, 3.63) is 12.2 Å². The summed E-state index contributed by atoms with van der Waals surface area (Å²) in [5.41, 5.74) is -0.532. The molecular weight excluding hydrogens is 697 g/mol. The van der Waals surface area contributed by atoms with Crippen molar-refractivity contribution in [1.82, 2.24) is 0 Å². The Morgan fingerprint density at radius 1 is 0.339 bits per heavy atom. The van der Waals surface area contributed by atoms with Crippen molar-refractivity contribution in [3.8, 4) is 0 Å². The van der Waals surface area contributed by atoms with E-state index in [1.165, 1.54) is 161 Å². The lowest BCUT2D eigenvalue weighted by Crippen LogP contribution is -2.31. The first-order chi connectivity index (χ1) is 27.3. The van der Waals surface area contributed by atoms with Crippen molar-refractivity contribution < 1.29 is 29.7 Å². The highest BCUT2D eigenvalue weighted by Gasteiger charge is 2.36. The van der Waals surface area contributed by atoms with E-state index in [1.807, 2.05) is 0 Å². The van der Waals surface area contributed by atoms with Crippen molar-refractivity contribution in [3.63, 3.8) is 0 Å². The van der Waals surface area contributed by atoms with Crippen molar-refractivity contribution in [2.45, 2.75) is 283 Å². The smallest absolute Gasteiger partial charge is 0.309 e. The molecule has 0 aromatic heterocycles. The maximum absolute atomic E-state index is 12.9. The minimum Gasteiger partial charge on any atom is -0.481 e. The van der Waals surface area contributed by atoms with E-state index in [0.29, 0.717) is 12.8 Å². The zero-order valence-corrected chi connectivity index (χ0v) is 37.1. The fraction of sp³-hybridized carbons (Fsp3) is 0.900. The van der Waals surface area contributed by atoms with Crippen LogP contribution < -0.4 is 0 Å². The van der Waals surface area contributed by atoms with Crippen molar-refractivity contribution in [2.75, 3.05) is 0 Å².